The average molecular weight is 443 g/mol. The number of nitrogens with zero attached hydrogens (tertiary/aromatic N) is 3. The number of rotatable bonds is 6. The minimum atomic E-state index is -0.611. The highest BCUT2D eigenvalue weighted by molar-refractivity contribution is 5.95. The Labute approximate surface area is 188 Å². The molecule has 0 aliphatic carbocycles. The van der Waals surface area contributed by atoms with Crippen LogP contribution in [0.25, 0.3) is 11.0 Å². The van der Waals surface area contributed by atoms with E-state index < -0.39 is 23.1 Å². The van der Waals surface area contributed by atoms with Gasteiger partial charge >= 0.3 is 5.69 Å². The summed E-state index contributed by atoms with van der Waals surface area (Å²) in [4.78, 5) is 54.3. The summed E-state index contributed by atoms with van der Waals surface area (Å²) >= 11 is 0. The van der Waals surface area contributed by atoms with Crippen molar-refractivity contribution in [1.29, 1.82) is 0 Å². The van der Waals surface area contributed by atoms with Gasteiger partial charge in [-0.25, -0.2) is 9.78 Å². The molecule has 9 nitrogen and oxygen atoms in total. The van der Waals surface area contributed by atoms with Crippen LogP contribution in [0.3, 0.4) is 0 Å². The number of carbonyl (C=O) groups is 2. The van der Waals surface area contributed by atoms with E-state index in [1.165, 1.54) is 22.9 Å². The SMILES string of the molecule is Cc1ccc(Cn2c(=O)c3ncccc3n(CC(=O)Nc3ccc(C(N)=O)cc3)c2=O)cc1. The molecule has 0 bridgehead atoms. The lowest BCUT2D eigenvalue weighted by Gasteiger charge is -2.14. The number of amides is 2. The van der Waals surface area contributed by atoms with E-state index in [-0.39, 0.29) is 24.1 Å². The minimum absolute atomic E-state index is 0.0562. The van der Waals surface area contributed by atoms with Crippen LogP contribution in [0.4, 0.5) is 5.69 Å². The van der Waals surface area contributed by atoms with Crippen molar-refractivity contribution in [2.75, 3.05) is 5.32 Å². The Balaban J connectivity index is 1.69. The van der Waals surface area contributed by atoms with Crippen molar-refractivity contribution < 1.29 is 9.59 Å². The third kappa shape index (κ3) is 4.57. The molecule has 33 heavy (non-hydrogen) atoms. The van der Waals surface area contributed by atoms with Crippen LogP contribution in [0.2, 0.25) is 0 Å². The number of hydrogen-bond acceptors (Lipinski definition) is 5. The zero-order valence-corrected chi connectivity index (χ0v) is 17.8. The maximum atomic E-state index is 13.2. The Hall–Kier alpha value is -4.53. The number of anilines is 1. The third-order valence-electron chi connectivity index (χ3n) is 5.20. The van der Waals surface area contributed by atoms with Gasteiger partial charge in [0.25, 0.3) is 5.56 Å². The second-order valence-corrected chi connectivity index (χ2v) is 7.61. The van der Waals surface area contributed by atoms with Crippen LogP contribution in [-0.2, 0) is 17.9 Å². The quantitative estimate of drug-likeness (QED) is 0.468. The predicted octanol–water partition coefficient (Wildman–Crippen LogP) is 1.65. The summed E-state index contributed by atoms with van der Waals surface area (Å²) in [5.41, 5.74) is 7.05. The zero-order valence-electron chi connectivity index (χ0n) is 17.8. The molecule has 2 heterocycles. The first-order valence-electron chi connectivity index (χ1n) is 10.2. The van der Waals surface area contributed by atoms with Crippen LogP contribution < -0.4 is 22.3 Å². The number of aryl methyl sites for hydroxylation is 1. The summed E-state index contributed by atoms with van der Waals surface area (Å²) in [7, 11) is 0. The van der Waals surface area contributed by atoms with E-state index in [2.05, 4.69) is 10.3 Å². The van der Waals surface area contributed by atoms with E-state index in [4.69, 9.17) is 5.73 Å². The monoisotopic (exact) mass is 443 g/mol. The highest BCUT2D eigenvalue weighted by atomic mass is 16.2. The Bertz CT molecular complexity index is 1470. The van der Waals surface area contributed by atoms with Crippen molar-refractivity contribution in [1.82, 2.24) is 14.1 Å². The summed E-state index contributed by atoms with van der Waals surface area (Å²) in [5.74, 6) is -1.05. The van der Waals surface area contributed by atoms with E-state index in [0.717, 1.165) is 15.7 Å². The van der Waals surface area contributed by atoms with E-state index in [1.807, 2.05) is 31.2 Å². The van der Waals surface area contributed by atoms with E-state index in [9.17, 15) is 19.2 Å². The number of carbonyl (C=O) groups excluding carboxylic acids is 2. The van der Waals surface area contributed by atoms with Crippen molar-refractivity contribution >= 4 is 28.5 Å². The summed E-state index contributed by atoms with van der Waals surface area (Å²) in [5, 5.41) is 2.68. The first kappa shape index (κ1) is 21.7. The molecule has 166 valence electrons. The van der Waals surface area contributed by atoms with Crippen LogP contribution in [-0.4, -0.2) is 25.9 Å². The number of primary amides is 1. The van der Waals surface area contributed by atoms with Gasteiger partial charge in [-0.05, 0) is 48.9 Å². The summed E-state index contributed by atoms with van der Waals surface area (Å²) in [6.45, 7) is 1.68. The number of nitrogens with one attached hydrogen (secondary N) is 1. The fourth-order valence-electron chi connectivity index (χ4n) is 3.47. The fraction of sp³-hybridized carbons (Fsp3) is 0.125. The smallest absolute Gasteiger partial charge is 0.332 e. The fourth-order valence-corrected chi connectivity index (χ4v) is 3.47. The van der Waals surface area contributed by atoms with Gasteiger partial charge in [0.1, 0.15) is 6.54 Å². The normalized spacial score (nSPS) is 10.8. The molecule has 2 aromatic heterocycles. The largest absolute Gasteiger partial charge is 0.366 e. The van der Waals surface area contributed by atoms with E-state index >= 15 is 0 Å². The first-order chi connectivity index (χ1) is 15.8. The number of benzene rings is 2. The van der Waals surface area contributed by atoms with Gasteiger partial charge in [0.2, 0.25) is 11.8 Å². The molecule has 0 radical (unpaired) electrons. The number of hydrogen-bond donors (Lipinski definition) is 2. The van der Waals surface area contributed by atoms with Crippen molar-refractivity contribution in [3.8, 4) is 0 Å². The molecule has 0 saturated heterocycles. The molecule has 9 heteroatoms. The summed E-state index contributed by atoms with van der Waals surface area (Å²) in [6, 6.07) is 16.7. The molecule has 0 aliphatic heterocycles. The second kappa shape index (κ2) is 8.91. The lowest BCUT2D eigenvalue weighted by atomic mass is 10.1. The molecule has 2 amide bonds. The van der Waals surface area contributed by atoms with E-state index in [1.54, 1.807) is 24.3 Å². The lowest BCUT2D eigenvalue weighted by Crippen LogP contribution is -2.42. The molecule has 2 aromatic carbocycles. The predicted molar refractivity (Wildman–Crippen MR) is 124 cm³/mol. The number of fused-ring (bicyclic) bond motifs is 1. The van der Waals surface area contributed by atoms with Gasteiger partial charge in [-0.2, -0.15) is 0 Å². The molecule has 0 unspecified atom stereocenters. The van der Waals surface area contributed by atoms with Gasteiger partial charge in [-0.1, -0.05) is 29.8 Å². The van der Waals surface area contributed by atoms with Gasteiger partial charge in [-0.3, -0.25) is 23.5 Å². The highest BCUT2D eigenvalue weighted by Gasteiger charge is 2.16. The van der Waals surface area contributed by atoms with Gasteiger partial charge < -0.3 is 11.1 Å². The lowest BCUT2D eigenvalue weighted by molar-refractivity contribution is -0.116. The van der Waals surface area contributed by atoms with Gasteiger partial charge in [0, 0.05) is 17.4 Å². The van der Waals surface area contributed by atoms with Gasteiger partial charge in [-0.15, -0.1) is 0 Å². The van der Waals surface area contributed by atoms with Crippen molar-refractivity contribution in [3.63, 3.8) is 0 Å². The molecule has 3 N–H and O–H groups in total. The van der Waals surface area contributed by atoms with Crippen molar-refractivity contribution in [3.05, 3.63) is 104 Å². The zero-order chi connectivity index (χ0) is 23.5. The Morgan fingerprint density at radius 2 is 1.67 bits per heavy atom. The molecule has 4 rings (SSSR count). The van der Waals surface area contributed by atoms with Crippen LogP contribution >= 0.6 is 0 Å². The molecule has 0 aliphatic rings. The first-order valence-corrected chi connectivity index (χ1v) is 10.2. The molecule has 0 saturated carbocycles. The topological polar surface area (TPSA) is 129 Å². The average Bonchev–Trinajstić information content (AvgIpc) is 2.81. The van der Waals surface area contributed by atoms with Crippen molar-refractivity contribution in [2.24, 2.45) is 5.73 Å². The summed E-state index contributed by atoms with van der Waals surface area (Å²) < 4.78 is 2.31. The maximum absolute atomic E-state index is 13.2. The number of nitrogens with two attached hydrogens (primary N) is 1. The molecule has 0 spiro atoms. The Morgan fingerprint density at radius 3 is 2.33 bits per heavy atom. The third-order valence-corrected chi connectivity index (χ3v) is 5.20. The Morgan fingerprint density at radius 1 is 0.970 bits per heavy atom. The minimum Gasteiger partial charge on any atom is -0.366 e. The van der Waals surface area contributed by atoms with Gasteiger partial charge in [0.05, 0.1) is 12.1 Å². The summed E-state index contributed by atoms with van der Waals surface area (Å²) in [6.07, 6.45) is 1.47. The molecular weight excluding hydrogens is 422 g/mol. The molecule has 4 aromatic rings. The van der Waals surface area contributed by atoms with Crippen LogP contribution in [0.1, 0.15) is 21.5 Å². The van der Waals surface area contributed by atoms with Crippen LogP contribution in [0.15, 0.2) is 76.4 Å². The highest BCUT2D eigenvalue weighted by Crippen LogP contribution is 2.11. The van der Waals surface area contributed by atoms with Gasteiger partial charge in [0.15, 0.2) is 5.52 Å². The molecule has 0 fully saturated rings. The van der Waals surface area contributed by atoms with Crippen LogP contribution in [0.5, 0.6) is 0 Å². The standard InChI is InChI=1S/C24H21N5O4/c1-15-4-6-16(7-5-15)13-29-23(32)21-19(3-2-12-26-21)28(24(29)33)14-20(30)27-18-10-8-17(9-11-18)22(25)31/h2-12H,13-14H2,1H3,(H2,25,31)(H,27,30). The number of aromatic nitrogens is 3. The molecule has 0 atom stereocenters. The van der Waals surface area contributed by atoms with Crippen molar-refractivity contribution in [2.45, 2.75) is 20.0 Å². The van der Waals surface area contributed by atoms with E-state index in [0.29, 0.717) is 11.3 Å². The molecular formula is C24H21N5O4. The number of pyridine rings is 1. The van der Waals surface area contributed by atoms with Crippen LogP contribution in [0, 0.1) is 6.92 Å². The Kier molecular flexibility index (Phi) is 5.86. The maximum Gasteiger partial charge on any atom is 0.332 e. The second-order valence-electron chi connectivity index (χ2n) is 7.61.